The summed E-state index contributed by atoms with van der Waals surface area (Å²) in [5.41, 5.74) is 1.81. The molecule has 4 aliphatic carbocycles. The Morgan fingerprint density at radius 1 is 0.756 bits per heavy atom. The molecule has 3 saturated carbocycles. The fourth-order valence-corrected chi connectivity index (χ4v) is 11.8. The summed E-state index contributed by atoms with van der Waals surface area (Å²) in [4.78, 5) is 13.9. The molecule has 0 N–H and O–H groups in total. The smallest absolute Gasteiger partial charge is 0.158 e. The normalized spacial score (nSPS) is 39.5. The Bertz CT molecular complexity index is 988. The van der Waals surface area contributed by atoms with Crippen molar-refractivity contribution in [3.05, 3.63) is 12.2 Å². The van der Waals surface area contributed by atoms with Crippen LogP contribution in [0.15, 0.2) is 12.2 Å². The first-order valence-electron chi connectivity index (χ1n) is 20.5. The van der Waals surface area contributed by atoms with Gasteiger partial charge in [0.15, 0.2) is 5.71 Å². The molecule has 0 bridgehead atoms. The second-order valence-corrected chi connectivity index (χ2v) is 17.9. The Hall–Kier alpha value is -0.920. The van der Waals surface area contributed by atoms with Gasteiger partial charge in [0.05, 0.1) is 0 Å². The van der Waals surface area contributed by atoms with Crippen molar-refractivity contribution in [1.29, 1.82) is 0 Å². The molecule has 0 spiro atoms. The molecule has 0 saturated heterocycles. The summed E-state index contributed by atoms with van der Waals surface area (Å²) in [6, 6.07) is 0. The highest BCUT2D eigenvalue weighted by atomic mass is 16.1. The fourth-order valence-electron chi connectivity index (χ4n) is 11.8. The van der Waals surface area contributed by atoms with Crippen LogP contribution in [0, 0.1) is 71.0 Å². The number of nitrogens with zero attached hydrogens (tertiary/aromatic N) is 1. The molecule has 0 radical (unpaired) electrons. The monoisotopic (exact) mass is 621 g/mol. The molecular formula is C43H74NO+. The summed E-state index contributed by atoms with van der Waals surface area (Å²) in [6.45, 7) is 13.5. The predicted octanol–water partition coefficient (Wildman–Crippen LogP) is 11.6. The van der Waals surface area contributed by atoms with Crippen LogP contribution < -0.4 is 0 Å². The minimum absolute atomic E-state index is 0.301. The molecule has 0 amide bonds. The highest BCUT2D eigenvalue weighted by Crippen LogP contribution is 2.49. The molecule has 2 nitrogen and oxygen atoms in total. The molecule has 5 aliphatic rings. The Kier molecular flexibility index (Phi) is 13.3. The second-order valence-electron chi connectivity index (χ2n) is 17.9. The number of allylic oxidation sites excluding steroid dienone is 2. The van der Waals surface area contributed by atoms with Gasteiger partial charge in [-0.3, -0.25) is 4.79 Å². The molecule has 1 aliphatic heterocycles. The summed E-state index contributed by atoms with van der Waals surface area (Å²) in [6.07, 6.45) is 31.7. The highest BCUT2D eigenvalue weighted by molar-refractivity contribution is 5.87. The van der Waals surface area contributed by atoms with Gasteiger partial charge < -0.3 is 0 Å². The van der Waals surface area contributed by atoms with Gasteiger partial charge in [-0.05, 0) is 124 Å². The fraction of sp³-hybridized carbons (Fsp3) is 0.907. The van der Waals surface area contributed by atoms with Crippen LogP contribution in [0.3, 0.4) is 0 Å². The molecule has 0 aromatic carbocycles. The lowest BCUT2D eigenvalue weighted by Gasteiger charge is -2.45. The molecule has 2 heteroatoms. The summed E-state index contributed by atoms with van der Waals surface area (Å²) >= 11 is 0. The maximum Gasteiger partial charge on any atom is 0.158 e. The zero-order valence-corrected chi connectivity index (χ0v) is 30.8. The predicted molar refractivity (Wildman–Crippen MR) is 193 cm³/mol. The quantitative estimate of drug-likeness (QED) is 0.157. The van der Waals surface area contributed by atoms with Crippen LogP contribution in [0.2, 0.25) is 0 Å². The Labute approximate surface area is 280 Å². The van der Waals surface area contributed by atoms with Gasteiger partial charge in [-0.1, -0.05) is 91.7 Å². The zero-order chi connectivity index (χ0) is 31.9. The Morgan fingerprint density at radius 2 is 1.47 bits per heavy atom. The van der Waals surface area contributed by atoms with E-state index in [2.05, 4.69) is 58.4 Å². The minimum Gasteiger partial charge on any atom is -0.299 e. The number of Topliss-reactive ketones (excluding diaryl/α,β-unsaturated/α-hetero) is 1. The molecule has 11 unspecified atom stereocenters. The third kappa shape index (κ3) is 9.37. The molecule has 1 heterocycles. The highest BCUT2D eigenvalue weighted by Gasteiger charge is 2.48. The Morgan fingerprint density at radius 3 is 2.22 bits per heavy atom. The van der Waals surface area contributed by atoms with Gasteiger partial charge in [-0.15, -0.1) is 0 Å². The van der Waals surface area contributed by atoms with Crippen LogP contribution in [-0.4, -0.2) is 29.7 Å². The standard InChI is InChI=1S/C43H74NO/c1-7-10-33(11-8-2)27-35-16-15-34(24-31(4)25-35)17-21-42(45)39-18-14-32(5)40(29-39)43-41-28-38(37-13-9-12-30(3)26-37)20-19-36(41)22-23-44(43)6/h15-16,30-41H,7-14,17-29H2,1-6H3/q+1. The van der Waals surface area contributed by atoms with Crippen molar-refractivity contribution < 1.29 is 9.37 Å². The van der Waals surface area contributed by atoms with Gasteiger partial charge in [0, 0.05) is 30.6 Å². The van der Waals surface area contributed by atoms with Crippen LogP contribution >= 0.6 is 0 Å². The molecule has 256 valence electrons. The van der Waals surface area contributed by atoms with Crippen molar-refractivity contribution in [2.24, 2.45) is 71.0 Å². The van der Waals surface area contributed by atoms with Crippen molar-refractivity contribution in [3.63, 3.8) is 0 Å². The third-order valence-corrected chi connectivity index (χ3v) is 14.2. The van der Waals surface area contributed by atoms with E-state index in [1.807, 2.05) is 0 Å². The topological polar surface area (TPSA) is 20.1 Å². The van der Waals surface area contributed by atoms with Crippen molar-refractivity contribution in [2.75, 3.05) is 13.6 Å². The molecular weight excluding hydrogens is 546 g/mol. The van der Waals surface area contributed by atoms with Gasteiger partial charge in [0.2, 0.25) is 0 Å². The summed E-state index contributed by atoms with van der Waals surface area (Å²) in [7, 11) is 2.41. The lowest BCUT2D eigenvalue weighted by atomic mass is 9.59. The van der Waals surface area contributed by atoms with E-state index in [4.69, 9.17) is 0 Å². The SMILES string of the molecule is CCCC(CCC)CC1C=CC(CCC(=O)C2CCC(C)C(C3=[N+](C)CCC4CCC(C5CCCC(C)C5)CC34)C2)CC(C)C1. The van der Waals surface area contributed by atoms with Gasteiger partial charge in [0.25, 0.3) is 0 Å². The van der Waals surface area contributed by atoms with E-state index < -0.39 is 0 Å². The summed E-state index contributed by atoms with van der Waals surface area (Å²) < 4.78 is 2.71. The molecule has 5 rings (SSSR count). The van der Waals surface area contributed by atoms with E-state index in [1.54, 1.807) is 5.71 Å². The number of ketones is 1. The van der Waals surface area contributed by atoms with E-state index in [0.717, 1.165) is 78.9 Å². The van der Waals surface area contributed by atoms with Gasteiger partial charge in [0.1, 0.15) is 19.4 Å². The van der Waals surface area contributed by atoms with Crippen LogP contribution in [-0.2, 0) is 4.79 Å². The summed E-state index contributed by atoms with van der Waals surface area (Å²) in [5.74, 6) is 9.85. The third-order valence-electron chi connectivity index (χ3n) is 14.2. The lowest BCUT2D eigenvalue weighted by molar-refractivity contribution is -0.511. The van der Waals surface area contributed by atoms with Crippen LogP contribution in [0.5, 0.6) is 0 Å². The second kappa shape index (κ2) is 17.0. The average molecular weight is 621 g/mol. The first-order chi connectivity index (χ1) is 21.7. The van der Waals surface area contributed by atoms with Crippen molar-refractivity contribution in [3.8, 4) is 0 Å². The van der Waals surface area contributed by atoms with Gasteiger partial charge >= 0.3 is 0 Å². The first kappa shape index (κ1) is 35.4. The minimum atomic E-state index is 0.301. The Balaban J connectivity index is 1.18. The van der Waals surface area contributed by atoms with E-state index in [-0.39, 0.29) is 0 Å². The number of rotatable bonds is 12. The average Bonchev–Trinajstić information content (AvgIpc) is 3.20. The molecule has 3 fully saturated rings. The van der Waals surface area contributed by atoms with Crippen molar-refractivity contribution in [2.45, 2.75) is 163 Å². The van der Waals surface area contributed by atoms with Crippen molar-refractivity contribution in [1.82, 2.24) is 0 Å². The molecule has 0 aromatic heterocycles. The van der Waals surface area contributed by atoms with Crippen LogP contribution in [0.1, 0.15) is 163 Å². The van der Waals surface area contributed by atoms with E-state index >= 15 is 0 Å². The van der Waals surface area contributed by atoms with Gasteiger partial charge in [-0.2, -0.15) is 0 Å². The molecule has 45 heavy (non-hydrogen) atoms. The van der Waals surface area contributed by atoms with E-state index in [0.29, 0.717) is 23.5 Å². The number of hydrogen-bond donors (Lipinski definition) is 0. The van der Waals surface area contributed by atoms with E-state index in [9.17, 15) is 4.79 Å². The zero-order valence-electron chi connectivity index (χ0n) is 30.8. The van der Waals surface area contributed by atoms with E-state index in [1.165, 1.54) is 109 Å². The largest absolute Gasteiger partial charge is 0.299 e. The number of fused-ring (bicyclic) bond motifs is 1. The summed E-state index contributed by atoms with van der Waals surface area (Å²) in [5, 5.41) is 0. The maximum atomic E-state index is 13.9. The van der Waals surface area contributed by atoms with Crippen molar-refractivity contribution >= 4 is 11.5 Å². The lowest BCUT2D eigenvalue weighted by Crippen LogP contribution is -2.48. The number of carbonyl (C=O) groups excluding carboxylic acids is 1. The van der Waals surface area contributed by atoms with Crippen LogP contribution in [0.25, 0.3) is 0 Å². The number of carbonyl (C=O) groups is 1. The van der Waals surface area contributed by atoms with Gasteiger partial charge in [-0.25, -0.2) is 4.58 Å². The molecule has 11 atom stereocenters. The molecule has 0 aromatic rings. The maximum absolute atomic E-state index is 13.9. The van der Waals surface area contributed by atoms with Crippen LogP contribution in [0.4, 0.5) is 0 Å². The number of hydrogen-bond acceptors (Lipinski definition) is 1. The first-order valence-corrected chi connectivity index (χ1v) is 20.5.